The standard InChI is InChI=1S/C18H15N3O4S/c22-18-17-14(7-12-25-17)6-10-21(18)11-9-20-26(23,24)15-5-1-3-13-4-2-8-19-16(13)15/h1-8,10,12,20H,9,11H2. The van der Waals surface area contributed by atoms with Gasteiger partial charge in [-0.15, -0.1) is 0 Å². The molecule has 0 fully saturated rings. The molecule has 0 amide bonds. The second kappa shape index (κ2) is 6.40. The van der Waals surface area contributed by atoms with Crippen LogP contribution >= 0.6 is 0 Å². The zero-order chi connectivity index (χ0) is 18.1. The maximum Gasteiger partial charge on any atom is 0.294 e. The molecule has 0 aliphatic heterocycles. The monoisotopic (exact) mass is 369 g/mol. The maximum absolute atomic E-state index is 12.6. The van der Waals surface area contributed by atoms with Gasteiger partial charge < -0.3 is 8.98 Å². The highest BCUT2D eigenvalue weighted by atomic mass is 32.2. The molecule has 3 heterocycles. The van der Waals surface area contributed by atoms with Crippen LogP contribution in [0.3, 0.4) is 0 Å². The van der Waals surface area contributed by atoms with Gasteiger partial charge in [0, 0.05) is 36.3 Å². The van der Waals surface area contributed by atoms with Gasteiger partial charge in [0.25, 0.3) is 5.56 Å². The summed E-state index contributed by atoms with van der Waals surface area (Å²) in [5.41, 5.74) is 0.379. The van der Waals surface area contributed by atoms with Gasteiger partial charge in [0.05, 0.1) is 11.8 Å². The third-order valence-electron chi connectivity index (χ3n) is 4.11. The van der Waals surface area contributed by atoms with E-state index in [1.54, 1.807) is 48.8 Å². The van der Waals surface area contributed by atoms with Crippen molar-refractivity contribution in [2.75, 3.05) is 6.54 Å². The van der Waals surface area contributed by atoms with Crippen LogP contribution in [0.25, 0.3) is 21.9 Å². The summed E-state index contributed by atoms with van der Waals surface area (Å²) in [7, 11) is -3.75. The second-order valence-corrected chi connectivity index (χ2v) is 7.48. The molecule has 26 heavy (non-hydrogen) atoms. The van der Waals surface area contributed by atoms with Crippen molar-refractivity contribution < 1.29 is 12.8 Å². The van der Waals surface area contributed by atoms with E-state index in [1.807, 2.05) is 0 Å². The van der Waals surface area contributed by atoms with Crippen LogP contribution < -0.4 is 10.3 Å². The predicted molar refractivity (Wildman–Crippen MR) is 97.4 cm³/mol. The molecule has 3 aromatic heterocycles. The first kappa shape index (κ1) is 16.5. The van der Waals surface area contributed by atoms with Crippen molar-refractivity contribution in [3.05, 3.63) is 71.5 Å². The Bertz CT molecular complexity index is 1250. The quantitative estimate of drug-likeness (QED) is 0.581. The first-order valence-corrected chi connectivity index (χ1v) is 9.45. The Hall–Kier alpha value is -2.97. The fraction of sp³-hybridized carbons (Fsp3) is 0.111. The molecule has 1 N–H and O–H groups in total. The lowest BCUT2D eigenvalue weighted by atomic mass is 10.2. The minimum absolute atomic E-state index is 0.0671. The van der Waals surface area contributed by atoms with E-state index in [0.717, 1.165) is 5.39 Å². The van der Waals surface area contributed by atoms with Crippen molar-refractivity contribution in [2.45, 2.75) is 11.4 Å². The van der Waals surface area contributed by atoms with Crippen LogP contribution in [0.4, 0.5) is 0 Å². The second-order valence-electron chi connectivity index (χ2n) is 5.75. The molecule has 0 aliphatic rings. The SMILES string of the molecule is O=c1c2occc2ccn1CCNS(=O)(=O)c1cccc2cccnc12. The van der Waals surface area contributed by atoms with E-state index in [-0.39, 0.29) is 29.1 Å². The first-order valence-electron chi connectivity index (χ1n) is 7.96. The molecule has 1 aromatic carbocycles. The average Bonchev–Trinajstić information content (AvgIpc) is 3.12. The molecule has 0 atom stereocenters. The van der Waals surface area contributed by atoms with Crippen molar-refractivity contribution in [1.29, 1.82) is 0 Å². The van der Waals surface area contributed by atoms with Crippen molar-refractivity contribution in [3.63, 3.8) is 0 Å². The van der Waals surface area contributed by atoms with E-state index in [1.165, 1.54) is 16.9 Å². The number of rotatable bonds is 5. The summed E-state index contributed by atoms with van der Waals surface area (Å²) in [6.45, 7) is 0.255. The van der Waals surface area contributed by atoms with Crippen LogP contribution in [0.2, 0.25) is 0 Å². The van der Waals surface area contributed by atoms with Gasteiger partial charge >= 0.3 is 0 Å². The van der Waals surface area contributed by atoms with Crippen molar-refractivity contribution in [2.24, 2.45) is 0 Å². The highest BCUT2D eigenvalue weighted by Crippen LogP contribution is 2.20. The zero-order valence-corrected chi connectivity index (χ0v) is 14.4. The van der Waals surface area contributed by atoms with Gasteiger partial charge in [0.15, 0.2) is 5.58 Å². The number of fused-ring (bicyclic) bond motifs is 2. The average molecular weight is 369 g/mol. The van der Waals surface area contributed by atoms with E-state index in [9.17, 15) is 13.2 Å². The molecule has 8 heteroatoms. The van der Waals surface area contributed by atoms with E-state index in [0.29, 0.717) is 10.9 Å². The summed E-state index contributed by atoms with van der Waals surface area (Å²) in [6, 6.07) is 12.0. The summed E-state index contributed by atoms with van der Waals surface area (Å²) < 4.78 is 34.4. The molecule has 0 saturated carbocycles. The normalized spacial score (nSPS) is 12.0. The van der Waals surface area contributed by atoms with Gasteiger partial charge in [-0.2, -0.15) is 0 Å². The van der Waals surface area contributed by atoms with Crippen LogP contribution in [-0.2, 0) is 16.6 Å². The van der Waals surface area contributed by atoms with Crippen LogP contribution in [-0.4, -0.2) is 24.5 Å². The number of sulfonamides is 1. The van der Waals surface area contributed by atoms with Crippen molar-refractivity contribution >= 4 is 31.9 Å². The minimum Gasteiger partial charge on any atom is -0.459 e. The maximum atomic E-state index is 12.6. The Labute approximate surface area is 148 Å². The topological polar surface area (TPSA) is 94.2 Å². The molecule has 0 radical (unpaired) electrons. The summed E-state index contributed by atoms with van der Waals surface area (Å²) in [6.07, 6.45) is 4.63. The number of hydrogen-bond acceptors (Lipinski definition) is 5. The van der Waals surface area contributed by atoms with Gasteiger partial charge in [-0.25, -0.2) is 13.1 Å². The molecule has 0 aliphatic carbocycles. The van der Waals surface area contributed by atoms with Crippen LogP contribution in [0.1, 0.15) is 0 Å². The number of benzene rings is 1. The Morgan fingerprint density at radius 3 is 2.81 bits per heavy atom. The lowest BCUT2D eigenvalue weighted by molar-refractivity contribution is 0.567. The Balaban J connectivity index is 1.56. The lowest BCUT2D eigenvalue weighted by Crippen LogP contribution is -2.30. The molecule has 7 nitrogen and oxygen atoms in total. The van der Waals surface area contributed by atoms with Gasteiger partial charge in [-0.1, -0.05) is 18.2 Å². The number of furan rings is 1. The van der Waals surface area contributed by atoms with Crippen molar-refractivity contribution in [1.82, 2.24) is 14.3 Å². The summed E-state index contributed by atoms with van der Waals surface area (Å²) >= 11 is 0. The molecule has 0 unspecified atom stereocenters. The number of nitrogens with one attached hydrogen (secondary N) is 1. The van der Waals surface area contributed by atoms with Gasteiger partial charge in [-0.05, 0) is 24.3 Å². The molecule has 0 bridgehead atoms. The molecular formula is C18H15N3O4S. The molecule has 0 spiro atoms. The summed E-state index contributed by atoms with van der Waals surface area (Å²) in [5.74, 6) is 0. The van der Waals surface area contributed by atoms with E-state index < -0.39 is 10.0 Å². The number of pyridine rings is 2. The predicted octanol–water partition coefficient (Wildman–Crippen LogP) is 2.12. The van der Waals surface area contributed by atoms with Gasteiger partial charge in [0.2, 0.25) is 10.0 Å². The summed E-state index contributed by atoms with van der Waals surface area (Å²) in [5, 5.41) is 1.46. The number of aromatic nitrogens is 2. The summed E-state index contributed by atoms with van der Waals surface area (Å²) in [4.78, 5) is 16.6. The molecule has 4 aromatic rings. The Kier molecular flexibility index (Phi) is 4.06. The third kappa shape index (κ3) is 2.89. The fourth-order valence-electron chi connectivity index (χ4n) is 2.84. The van der Waals surface area contributed by atoms with Crippen LogP contribution in [0.5, 0.6) is 0 Å². The fourth-order valence-corrected chi connectivity index (χ4v) is 4.04. The highest BCUT2D eigenvalue weighted by Gasteiger charge is 2.17. The van der Waals surface area contributed by atoms with E-state index in [2.05, 4.69) is 9.71 Å². The highest BCUT2D eigenvalue weighted by molar-refractivity contribution is 7.89. The minimum atomic E-state index is -3.75. The number of para-hydroxylation sites is 1. The van der Waals surface area contributed by atoms with E-state index >= 15 is 0 Å². The molecular weight excluding hydrogens is 354 g/mol. The van der Waals surface area contributed by atoms with Crippen LogP contribution in [0.15, 0.2) is 75.2 Å². The van der Waals surface area contributed by atoms with E-state index in [4.69, 9.17) is 4.42 Å². The Morgan fingerprint density at radius 1 is 1.08 bits per heavy atom. The lowest BCUT2D eigenvalue weighted by Gasteiger charge is -2.10. The third-order valence-corrected chi connectivity index (χ3v) is 5.61. The molecule has 4 rings (SSSR count). The van der Waals surface area contributed by atoms with Gasteiger partial charge in [0.1, 0.15) is 4.90 Å². The largest absolute Gasteiger partial charge is 0.459 e. The Morgan fingerprint density at radius 2 is 1.92 bits per heavy atom. The zero-order valence-electron chi connectivity index (χ0n) is 13.6. The number of nitrogens with zero attached hydrogens (tertiary/aromatic N) is 2. The smallest absolute Gasteiger partial charge is 0.294 e. The number of hydrogen-bond donors (Lipinski definition) is 1. The van der Waals surface area contributed by atoms with Crippen molar-refractivity contribution in [3.8, 4) is 0 Å². The molecule has 132 valence electrons. The van der Waals surface area contributed by atoms with Gasteiger partial charge in [-0.3, -0.25) is 9.78 Å². The molecule has 0 saturated heterocycles. The van der Waals surface area contributed by atoms with Crippen LogP contribution in [0, 0.1) is 0 Å². The first-order chi connectivity index (χ1) is 12.6.